The van der Waals surface area contributed by atoms with Crippen molar-refractivity contribution in [2.75, 3.05) is 0 Å². The molecule has 3 aromatic rings. The van der Waals surface area contributed by atoms with E-state index < -0.39 is 10.9 Å². The second-order valence-electron chi connectivity index (χ2n) is 6.86. The van der Waals surface area contributed by atoms with Crippen LogP contribution in [-0.4, -0.2) is 32.5 Å². The molecule has 0 bridgehead atoms. The van der Waals surface area contributed by atoms with Crippen molar-refractivity contribution in [2.24, 2.45) is 4.99 Å². The number of carbonyl (C=O) groups is 2. The minimum atomic E-state index is -0.666. The van der Waals surface area contributed by atoms with E-state index in [9.17, 15) is 19.7 Å². The second-order valence-corrected chi connectivity index (χ2v) is 6.86. The molecule has 4 rings (SSSR count). The maximum Gasteiger partial charge on any atom is 0.363 e. The number of nitro groups is 1. The van der Waals surface area contributed by atoms with Gasteiger partial charge in [-0.25, -0.2) is 14.5 Å². The molecule has 9 heteroatoms. The predicted molar refractivity (Wildman–Crippen MR) is 112 cm³/mol. The van der Waals surface area contributed by atoms with Crippen molar-refractivity contribution < 1.29 is 19.2 Å². The van der Waals surface area contributed by atoms with Gasteiger partial charge in [0.1, 0.15) is 5.69 Å². The lowest BCUT2D eigenvalue weighted by molar-refractivity contribution is -0.385. The van der Waals surface area contributed by atoms with E-state index in [4.69, 9.17) is 4.74 Å². The highest BCUT2D eigenvalue weighted by Crippen LogP contribution is 2.27. The fraction of sp³-hybridized carbons (Fsp3) is 0.0909. The summed E-state index contributed by atoms with van der Waals surface area (Å²) in [5.74, 6) is -0.892. The summed E-state index contributed by atoms with van der Waals surface area (Å²) in [5, 5.41) is 15.3. The standard InChI is InChI=1S/C22H16N4O5/c1-13-10-16(8-9-19(13)26(29)30)21-23-18(22(28)31-21)11-17-12-25(14(2)27)24-20(17)15-6-4-3-5-7-15/h3-12H,1-2H3/b18-11-. The maximum absolute atomic E-state index is 12.4. The van der Waals surface area contributed by atoms with Crippen molar-refractivity contribution in [3.8, 4) is 11.3 Å². The van der Waals surface area contributed by atoms with Crippen LogP contribution >= 0.6 is 0 Å². The Labute approximate surface area is 176 Å². The van der Waals surface area contributed by atoms with Crippen molar-refractivity contribution in [1.29, 1.82) is 0 Å². The Balaban J connectivity index is 1.75. The van der Waals surface area contributed by atoms with Crippen LogP contribution in [0.15, 0.2) is 65.4 Å². The van der Waals surface area contributed by atoms with E-state index in [0.717, 1.165) is 5.56 Å². The quantitative estimate of drug-likeness (QED) is 0.277. The van der Waals surface area contributed by atoms with Crippen LogP contribution in [0.2, 0.25) is 0 Å². The highest BCUT2D eigenvalue weighted by molar-refractivity contribution is 6.13. The fourth-order valence-corrected chi connectivity index (χ4v) is 3.15. The van der Waals surface area contributed by atoms with Crippen LogP contribution in [0.5, 0.6) is 0 Å². The molecule has 0 fully saturated rings. The number of aromatic nitrogens is 2. The Morgan fingerprint density at radius 3 is 2.55 bits per heavy atom. The predicted octanol–water partition coefficient (Wildman–Crippen LogP) is 3.77. The van der Waals surface area contributed by atoms with Gasteiger partial charge in [-0.3, -0.25) is 14.9 Å². The third kappa shape index (κ3) is 3.88. The monoisotopic (exact) mass is 416 g/mol. The van der Waals surface area contributed by atoms with E-state index in [0.29, 0.717) is 22.4 Å². The number of nitro benzene ring substituents is 1. The highest BCUT2D eigenvalue weighted by atomic mass is 16.6. The molecule has 0 unspecified atom stereocenters. The summed E-state index contributed by atoms with van der Waals surface area (Å²) in [7, 11) is 0. The number of hydrogen-bond acceptors (Lipinski definition) is 7. The number of cyclic esters (lactones) is 1. The third-order valence-electron chi connectivity index (χ3n) is 4.67. The van der Waals surface area contributed by atoms with Gasteiger partial charge in [-0.05, 0) is 25.1 Å². The third-order valence-corrected chi connectivity index (χ3v) is 4.67. The van der Waals surface area contributed by atoms with Crippen molar-refractivity contribution in [3.05, 3.63) is 87.2 Å². The molecule has 1 aliphatic heterocycles. The van der Waals surface area contributed by atoms with Crippen LogP contribution in [0.3, 0.4) is 0 Å². The van der Waals surface area contributed by atoms with E-state index in [-0.39, 0.29) is 23.2 Å². The van der Waals surface area contributed by atoms with E-state index in [1.807, 2.05) is 30.3 Å². The first-order valence-electron chi connectivity index (χ1n) is 9.27. The minimum Gasteiger partial charge on any atom is -0.402 e. The summed E-state index contributed by atoms with van der Waals surface area (Å²) < 4.78 is 6.46. The Morgan fingerprint density at radius 1 is 1.16 bits per heavy atom. The molecule has 1 aliphatic rings. The van der Waals surface area contributed by atoms with Crippen molar-refractivity contribution >= 4 is 29.5 Å². The van der Waals surface area contributed by atoms with E-state index in [1.165, 1.54) is 42.1 Å². The van der Waals surface area contributed by atoms with Gasteiger partial charge in [0.15, 0.2) is 5.70 Å². The average Bonchev–Trinajstić information content (AvgIpc) is 3.33. The number of aryl methyl sites for hydroxylation is 1. The van der Waals surface area contributed by atoms with E-state index in [1.54, 1.807) is 6.92 Å². The van der Waals surface area contributed by atoms with Gasteiger partial charge in [0.25, 0.3) is 5.69 Å². The number of benzene rings is 2. The number of ether oxygens (including phenoxy) is 1. The first kappa shape index (κ1) is 19.9. The molecule has 31 heavy (non-hydrogen) atoms. The number of nitrogens with zero attached hydrogens (tertiary/aromatic N) is 4. The van der Waals surface area contributed by atoms with Gasteiger partial charge in [-0.15, -0.1) is 0 Å². The molecule has 2 heterocycles. The van der Waals surface area contributed by atoms with Gasteiger partial charge < -0.3 is 4.74 Å². The minimum absolute atomic E-state index is 0.0336. The molecule has 0 radical (unpaired) electrons. The Kier molecular flexibility index (Phi) is 5.00. The van der Waals surface area contributed by atoms with Crippen molar-refractivity contribution in [3.63, 3.8) is 0 Å². The summed E-state index contributed by atoms with van der Waals surface area (Å²) in [4.78, 5) is 39.0. The normalized spacial score (nSPS) is 14.5. The number of rotatable bonds is 4. The lowest BCUT2D eigenvalue weighted by Gasteiger charge is -2.01. The first-order chi connectivity index (χ1) is 14.8. The van der Waals surface area contributed by atoms with Gasteiger partial charge in [0.2, 0.25) is 11.8 Å². The summed E-state index contributed by atoms with van der Waals surface area (Å²) >= 11 is 0. The zero-order chi connectivity index (χ0) is 22.1. The maximum atomic E-state index is 12.4. The van der Waals surface area contributed by atoms with Crippen LogP contribution < -0.4 is 0 Å². The van der Waals surface area contributed by atoms with Crippen LogP contribution in [0.4, 0.5) is 5.69 Å². The Morgan fingerprint density at radius 2 is 1.90 bits per heavy atom. The highest BCUT2D eigenvalue weighted by Gasteiger charge is 2.26. The van der Waals surface area contributed by atoms with Crippen LogP contribution in [0, 0.1) is 17.0 Å². The number of carbonyl (C=O) groups excluding carboxylic acids is 2. The summed E-state index contributed by atoms with van der Waals surface area (Å²) in [6.45, 7) is 2.98. The summed E-state index contributed by atoms with van der Waals surface area (Å²) in [6.07, 6.45) is 3.02. The summed E-state index contributed by atoms with van der Waals surface area (Å²) in [5.41, 5.74) is 2.69. The molecule has 2 aromatic carbocycles. The van der Waals surface area contributed by atoms with Crippen molar-refractivity contribution in [2.45, 2.75) is 13.8 Å². The zero-order valence-electron chi connectivity index (χ0n) is 16.6. The van der Waals surface area contributed by atoms with Gasteiger partial charge >= 0.3 is 5.97 Å². The van der Waals surface area contributed by atoms with Gasteiger partial charge in [0.05, 0.1) is 4.92 Å². The first-order valence-corrected chi connectivity index (χ1v) is 9.27. The fourth-order valence-electron chi connectivity index (χ4n) is 3.15. The number of hydrogen-bond donors (Lipinski definition) is 0. The molecule has 9 nitrogen and oxygen atoms in total. The lowest BCUT2D eigenvalue weighted by atomic mass is 10.1. The molecule has 0 aliphatic carbocycles. The molecule has 0 spiro atoms. The largest absolute Gasteiger partial charge is 0.402 e. The van der Waals surface area contributed by atoms with E-state index in [2.05, 4.69) is 10.1 Å². The number of aliphatic imine (C=N–C) groups is 1. The molecule has 0 saturated carbocycles. The molecule has 0 atom stereocenters. The Hall–Kier alpha value is -4.40. The molecular weight excluding hydrogens is 400 g/mol. The van der Waals surface area contributed by atoms with Crippen molar-refractivity contribution in [1.82, 2.24) is 9.78 Å². The Bertz CT molecular complexity index is 1290. The second kappa shape index (κ2) is 7.79. The van der Waals surface area contributed by atoms with E-state index >= 15 is 0 Å². The molecule has 0 amide bonds. The molecular formula is C22H16N4O5. The summed E-state index contributed by atoms with van der Waals surface area (Å²) in [6, 6.07) is 13.6. The topological polar surface area (TPSA) is 117 Å². The van der Waals surface area contributed by atoms with Gasteiger partial charge in [0, 0.05) is 41.4 Å². The smallest absolute Gasteiger partial charge is 0.363 e. The SMILES string of the molecule is CC(=O)n1cc(/C=C2\N=C(c3ccc([N+](=O)[O-])c(C)c3)OC2=O)c(-c2ccccc2)n1. The lowest BCUT2D eigenvalue weighted by Crippen LogP contribution is -2.06. The van der Waals surface area contributed by atoms with Crippen LogP contribution in [0.25, 0.3) is 17.3 Å². The molecule has 0 saturated heterocycles. The zero-order valence-corrected chi connectivity index (χ0v) is 16.6. The van der Waals surface area contributed by atoms with Crippen LogP contribution in [0.1, 0.15) is 28.4 Å². The van der Waals surface area contributed by atoms with Gasteiger partial charge in [-0.2, -0.15) is 5.10 Å². The van der Waals surface area contributed by atoms with Crippen LogP contribution in [-0.2, 0) is 9.53 Å². The molecule has 0 N–H and O–H groups in total. The molecule has 154 valence electrons. The molecule has 1 aromatic heterocycles. The van der Waals surface area contributed by atoms with Gasteiger partial charge in [-0.1, -0.05) is 30.3 Å². The average molecular weight is 416 g/mol. The number of esters is 1.